The molecular weight excluding hydrogens is 849 g/mol. The highest BCUT2D eigenvalue weighted by molar-refractivity contribution is 6.00. The van der Waals surface area contributed by atoms with Crippen molar-refractivity contribution in [2.45, 2.75) is 26.2 Å². The fourth-order valence-corrected chi connectivity index (χ4v) is 9.35. The number of rotatable bonds is 11. The zero-order chi connectivity index (χ0) is 47.4. The molecule has 0 amide bonds. The highest BCUT2D eigenvalue weighted by atomic mass is 15.2. The van der Waals surface area contributed by atoms with Crippen LogP contribution in [0.5, 0.6) is 0 Å². The minimum Gasteiger partial charge on any atom is -0.310 e. The van der Waals surface area contributed by atoms with Gasteiger partial charge in [0.1, 0.15) is 5.82 Å². The van der Waals surface area contributed by atoms with Crippen LogP contribution in [0.1, 0.15) is 26.3 Å². The van der Waals surface area contributed by atoms with Crippen molar-refractivity contribution < 1.29 is 0 Å². The topological polar surface area (TPSA) is 32.3 Å². The van der Waals surface area contributed by atoms with Crippen LogP contribution in [0, 0.1) is 0 Å². The van der Waals surface area contributed by atoms with Crippen molar-refractivity contribution >= 4 is 45.0 Å². The molecule has 11 rings (SSSR count). The van der Waals surface area contributed by atoms with Gasteiger partial charge in [-0.2, -0.15) is 0 Å². The van der Waals surface area contributed by atoms with E-state index in [9.17, 15) is 0 Å². The lowest BCUT2D eigenvalue weighted by Crippen LogP contribution is -2.20. The molecule has 0 atom stereocenters. The summed E-state index contributed by atoms with van der Waals surface area (Å²) >= 11 is 0. The molecule has 4 heteroatoms. The van der Waals surface area contributed by atoms with Gasteiger partial charge in [-0.1, -0.05) is 227 Å². The minimum atomic E-state index is -0.265. The monoisotopic (exact) mass is 900 g/mol. The number of hydrogen-bond acceptors (Lipinski definition) is 4. The predicted octanol–water partition coefficient (Wildman–Crippen LogP) is 18.2. The third-order valence-electron chi connectivity index (χ3n) is 13.0. The summed E-state index contributed by atoms with van der Waals surface area (Å²) in [5, 5.41) is 2.30. The molecule has 0 unspecified atom stereocenters. The molecule has 0 spiro atoms. The van der Waals surface area contributed by atoms with Crippen molar-refractivity contribution in [1.82, 2.24) is 9.97 Å². The van der Waals surface area contributed by atoms with E-state index >= 15 is 0 Å². The quantitative estimate of drug-likeness (QED) is 0.129. The van der Waals surface area contributed by atoms with Crippen molar-refractivity contribution in [1.29, 1.82) is 0 Å². The van der Waals surface area contributed by atoms with E-state index in [0.717, 1.165) is 84.3 Å². The Kier molecular flexibility index (Phi) is 11.9. The summed E-state index contributed by atoms with van der Waals surface area (Å²) in [5.41, 5.74) is 15.5. The normalized spacial score (nSPS) is 11.4. The van der Waals surface area contributed by atoms with Gasteiger partial charge >= 0.3 is 0 Å². The summed E-state index contributed by atoms with van der Waals surface area (Å²) in [4.78, 5) is 15.7. The van der Waals surface area contributed by atoms with Crippen LogP contribution in [0.25, 0.3) is 66.8 Å². The summed E-state index contributed by atoms with van der Waals surface area (Å²) in [6, 6.07) is 93.1. The lowest BCUT2D eigenvalue weighted by Gasteiger charge is -2.35. The third kappa shape index (κ3) is 8.99. The second-order valence-corrected chi connectivity index (χ2v) is 18.7. The molecule has 0 aliphatic heterocycles. The SMILES string of the molecule is CC(C)(C)c1cc(N(c2ccc(-c3ccccc3)cc2)c2cccc(-c3ccccc3)c2)c(-c2ccccc2)c(N(c2ccc3ccccc3c2)c2cc(-c3ccccc3)nc(-c3ccccc3)n2)c1. The first-order chi connectivity index (χ1) is 34.3. The Hall–Kier alpha value is -8.86. The molecule has 0 bridgehead atoms. The van der Waals surface area contributed by atoms with Crippen LogP contribution in [0.4, 0.5) is 34.3 Å². The van der Waals surface area contributed by atoms with E-state index in [4.69, 9.17) is 9.97 Å². The van der Waals surface area contributed by atoms with E-state index in [0.29, 0.717) is 5.82 Å². The summed E-state index contributed by atoms with van der Waals surface area (Å²) in [6.45, 7) is 6.91. The molecule has 70 heavy (non-hydrogen) atoms. The molecule has 1 aromatic heterocycles. The van der Waals surface area contributed by atoms with E-state index < -0.39 is 0 Å². The fourth-order valence-electron chi connectivity index (χ4n) is 9.35. The average Bonchev–Trinajstić information content (AvgIpc) is 3.42. The van der Waals surface area contributed by atoms with Gasteiger partial charge < -0.3 is 4.90 Å². The maximum atomic E-state index is 5.56. The molecular formula is C66H52N4. The van der Waals surface area contributed by atoms with Crippen LogP contribution in [-0.2, 0) is 5.41 Å². The maximum Gasteiger partial charge on any atom is 0.162 e. The molecule has 336 valence electrons. The Balaban J connectivity index is 1.25. The van der Waals surface area contributed by atoms with Crippen LogP contribution >= 0.6 is 0 Å². The Labute approximate surface area is 411 Å². The maximum absolute atomic E-state index is 5.56. The Morgan fingerprint density at radius 3 is 1.40 bits per heavy atom. The van der Waals surface area contributed by atoms with Gasteiger partial charge in [-0.3, -0.25) is 4.90 Å². The van der Waals surface area contributed by atoms with Crippen molar-refractivity contribution in [3.63, 3.8) is 0 Å². The lowest BCUT2D eigenvalue weighted by atomic mass is 9.84. The molecule has 0 fully saturated rings. The van der Waals surface area contributed by atoms with Gasteiger partial charge in [-0.05, 0) is 98.1 Å². The first-order valence-electron chi connectivity index (χ1n) is 24.0. The molecule has 0 N–H and O–H groups in total. The van der Waals surface area contributed by atoms with Gasteiger partial charge in [-0.15, -0.1) is 0 Å². The third-order valence-corrected chi connectivity index (χ3v) is 13.0. The summed E-state index contributed by atoms with van der Waals surface area (Å²) in [7, 11) is 0. The molecule has 0 aliphatic carbocycles. The zero-order valence-electron chi connectivity index (χ0n) is 39.6. The van der Waals surface area contributed by atoms with Gasteiger partial charge in [0, 0.05) is 39.8 Å². The lowest BCUT2D eigenvalue weighted by molar-refractivity contribution is 0.590. The van der Waals surface area contributed by atoms with Crippen LogP contribution < -0.4 is 9.80 Å². The van der Waals surface area contributed by atoms with Crippen LogP contribution in [-0.4, -0.2) is 9.97 Å². The van der Waals surface area contributed by atoms with Gasteiger partial charge in [0.2, 0.25) is 0 Å². The number of aromatic nitrogens is 2. The number of anilines is 6. The summed E-state index contributed by atoms with van der Waals surface area (Å²) in [5.74, 6) is 1.40. The highest BCUT2D eigenvalue weighted by Crippen LogP contribution is 2.51. The molecule has 4 nitrogen and oxygen atoms in total. The second kappa shape index (κ2) is 19.0. The number of fused-ring (bicyclic) bond motifs is 1. The van der Waals surface area contributed by atoms with Crippen LogP contribution in [0.15, 0.2) is 261 Å². The standard InChI is InChI=1S/C66H52N4/c1-66(2,3)56-44-61(69(57-39-36-50(37-40-57)47-22-9-4-10-23-47)58-35-21-34-55(42-58)48-24-11-5-12-25-48)64(52-29-15-7-16-30-52)62(45-56)70(59-41-38-49-26-19-20-33-54(49)43-59)63-46-60(51-27-13-6-14-28-51)67-65(68-63)53-31-17-8-18-32-53/h4-46H,1-3H3. The molecule has 0 aliphatic rings. The van der Waals surface area contributed by atoms with Crippen LogP contribution in [0.2, 0.25) is 0 Å². The number of benzene rings is 10. The molecule has 0 saturated carbocycles. The number of hydrogen-bond donors (Lipinski definition) is 0. The fraction of sp³-hybridized carbons (Fsp3) is 0.0606. The van der Waals surface area contributed by atoms with E-state index in [2.05, 4.69) is 279 Å². The van der Waals surface area contributed by atoms with Gasteiger partial charge in [-0.25, -0.2) is 9.97 Å². The van der Waals surface area contributed by atoms with Gasteiger partial charge in [0.25, 0.3) is 0 Å². The second-order valence-electron chi connectivity index (χ2n) is 18.7. The largest absolute Gasteiger partial charge is 0.310 e. The van der Waals surface area contributed by atoms with E-state index in [1.165, 1.54) is 16.5 Å². The van der Waals surface area contributed by atoms with Crippen molar-refractivity contribution in [3.8, 4) is 56.0 Å². The Bertz CT molecular complexity index is 3490. The van der Waals surface area contributed by atoms with E-state index in [1.54, 1.807) is 0 Å². The Morgan fingerprint density at radius 1 is 0.314 bits per heavy atom. The molecule has 1 heterocycles. The van der Waals surface area contributed by atoms with E-state index in [-0.39, 0.29) is 5.41 Å². The molecule has 10 aromatic carbocycles. The first-order valence-corrected chi connectivity index (χ1v) is 24.0. The molecule has 0 saturated heterocycles. The van der Waals surface area contributed by atoms with E-state index in [1.807, 2.05) is 12.1 Å². The van der Waals surface area contributed by atoms with Crippen molar-refractivity contribution in [3.05, 3.63) is 266 Å². The molecule has 11 aromatic rings. The zero-order valence-corrected chi connectivity index (χ0v) is 39.6. The van der Waals surface area contributed by atoms with Gasteiger partial charge in [0.05, 0.1) is 17.1 Å². The average molecular weight is 901 g/mol. The smallest absolute Gasteiger partial charge is 0.162 e. The van der Waals surface area contributed by atoms with Crippen molar-refractivity contribution in [2.75, 3.05) is 9.80 Å². The first kappa shape index (κ1) is 43.7. The predicted molar refractivity (Wildman–Crippen MR) is 295 cm³/mol. The summed E-state index contributed by atoms with van der Waals surface area (Å²) < 4.78 is 0. The number of nitrogens with zero attached hydrogens (tertiary/aromatic N) is 4. The van der Waals surface area contributed by atoms with Crippen molar-refractivity contribution in [2.24, 2.45) is 0 Å². The van der Waals surface area contributed by atoms with Gasteiger partial charge in [0.15, 0.2) is 5.82 Å². The van der Waals surface area contributed by atoms with Crippen LogP contribution in [0.3, 0.4) is 0 Å². The Morgan fingerprint density at radius 2 is 0.786 bits per heavy atom. The molecule has 0 radical (unpaired) electrons. The summed E-state index contributed by atoms with van der Waals surface area (Å²) in [6.07, 6.45) is 0. The minimum absolute atomic E-state index is 0.265. The highest BCUT2D eigenvalue weighted by Gasteiger charge is 2.30.